The minimum absolute atomic E-state index is 0.0464. The summed E-state index contributed by atoms with van der Waals surface area (Å²) in [5, 5.41) is 1.87. The van der Waals surface area contributed by atoms with E-state index in [4.69, 9.17) is 0 Å². The smallest absolute Gasteiger partial charge is 0.255 e. The molecule has 0 saturated carbocycles. The molecule has 0 spiro atoms. The number of carbonyl (C=O) groups excluding carboxylic acids is 1. The van der Waals surface area contributed by atoms with Crippen molar-refractivity contribution >= 4 is 33.2 Å². The maximum absolute atomic E-state index is 12.3. The van der Waals surface area contributed by atoms with Crippen molar-refractivity contribution < 1.29 is 4.79 Å². The van der Waals surface area contributed by atoms with E-state index in [0.29, 0.717) is 13.1 Å². The summed E-state index contributed by atoms with van der Waals surface area (Å²) < 4.78 is 0.972. The topological polar surface area (TPSA) is 33.2 Å². The van der Waals surface area contributed by atoms with Gasteiger partial charge in [0.05, 0.1) is 21.6 Å². The Hall–Kier alpha value is -1.20. The molecule has 0 aromatic carbocycles. The van der Waals surface area contributed by atoms with E-state index in [0.717, 1.165) is 15.0 Å². The normalized spacial score (nSPS) is 10.3. The first kappa shape index (κ1) is 13.2. The zero-order valence-electron chi connectivity index (χ0n) is 9.97. The van der Waals surface area contributed by atoms with E-state index in [1.54, 1.807) is 11.1 Å². The van der Waals surface area contributed by atoms with Crippen molar-refractivity contribution in [1.82, 2.24) is 9.88 Å². The van der Waals surface area contributed by atoms with Crippen LogP contribution in [0.5, 0.6) is 0 Å². The molecule has 2 rings (SSSR count). The second kappa shape index (κ2) is 6.11. The van der Waals surface area contributed by atoms with Crippen LogP contribution in [0.25, 0.3) is 0 Å². The van der Waals surface area contributed by atoms with Gasteiger partial charge in [-0.1, -0.05) is 6.07 Å². The number of hydrogen-bond donors (Lipinski definition) is 0. The third-order valence-electron chi connectivity index (χ3n) is 2.56. The summed E-state index contributed by atoms with van der Waals surface area (Å²) in [6, 6.07) is 7.59. The number of aromatic nitrogens is 1. The molecule has 94 valence electrons. The highest BCUT2D eigenvalue weighted by Gasteiger charge is 2.16. The maximum Gasteiger partial charge on any atom is 0.255 e. The summed E-state index contributed by atoms with van der Waals surface area (Å²) in [5.74, 6) is 0.0464. The van der Waals surface area contributed by atoms with Crippen LogP contribution < -0.4 is 0 Å². The van der Waals surface area contributed by atoms with Crippen LogP contribution in [0.4, 0.5) is 0 Å². The summed E-state index contributed by atoms with van der Waals surface area (Å²) in [7, 11) is 0. The average Bonchev–Trinajstić information content (AvgIpc) is 2.83. The van der Waals surface area contributed by atoms with Crippen LogP contribution in [0.1, 0.15) is 23.0 Å². The number of hydrogen-bond acceptors (Lipinski definition) is 3. The first-order valence-corrected chi connectivity index (χ1v) is 7.31. The van der Waals surface area contributed by atoms with E-state index in [-0.39, 0.29) is 5.91 Å². The molecule has 0 radical (unpaired) electrons. The van der Waals surface area contributed by atoms with Crippen molar-refractivity contribution in [1.29, 1.82) is 0 Å². The Labute approximate surface area is 119 Å². The number of nitrogens with zero attached hydrogens (tertiary/aromatic N) is 2. The first-order chi connectivity index (χ1) is 8.70. The molecule has 5 heteroatoms. The van der Waals surface area contributed by atoms with Gasteiger partial charge in [-0.2, -0.15) is 0 Å². The average molecular weight is 325 g/mol. The standard InChI is InChI=1S/C13H13BrN2OS/c1-2-16(8-11-5-3-4-6-15-11)13(17)10-7-12(14)18-9-10/h3-7,9H,2,8H2,1H3. The summed E-state index contributed by atoms with van der Waals surface area (Å²) in [4.78, 5) is 18.3. The highest BCUT2D eigenvalue weighted by Crippen LogP contribution is 2.22. The van der Waals surface area contributed by atoms with Crippen LogP contribution in [0.2, 0.25) is 0 Å². The molecule has 0 saturated heterocycles. The maximum atomic E-state index is 12.3. The second-order valence-electron chi connectivity index (χ2n) is 3.78. The zero-order chi connectivity index (χ0) is 13.0. The van der Waals surface area contributed by atoms with Crippen molar-refractivity contribution in [3.63, 3.8) is 0 Å². The van der Waals surface area contributed by atoms with E-state index in [1.807, 2.05) is 36.6 Å². The lowest BCUT2D eigenvalue weighted by atomic mass is 10.2. The Kier molecular flexibility index (Phi) is 4.49. The Morgan fingerprint density at radius 1 is 1.50 bits per heavy atom. The van der Waals surface area contributed by atoms with Crippen molar-refractivity contribution in [2.75, 3.05) is 6.54 Å². The summed E-state index contributed by atoms with van der Waals surface area (Å²) in [6.45, 7) is 3.19. The molecule has 0 aliphatic carbocycles. The third kappa shape index (κ3) is 3.17. The first-order valence-electron chi connectivity index (χ1n) is 5.64. The zero-order valence-corrected chi connectivity index (χ0v) is 12.4. The highest BCUT2D eigenvalue weighted by atomic mass is 79.9. The van der Waals surface area contributed by atoms with Crippen molar-refractivity contribution in [3.8, 4) is 0 Å². The largest absolute Gasteiger partial charge is 0.333 e. The lowest BCUT2D eigenvalue weighted by Crippen LogP contribution is -2.30. The van der Waals surface area contributed by atoms with Gasteiger partial charge in [-0.15, -0.1) is 11.3 Å². The van der Waals surface area contributed by atoms with E-state index >= 15 is 0 Å². The molecule has 2 aromatic heterocycles. The third-order valence-corrected chi connectivity index (χ3v) is 4.07. The lowest BCUT2D eigenvalue weighted by molar-refractivity contribution is 0.0751. The molecule has 0 fully saturated rings. The van der Waals surface area contributed by atoms with Gasteiger partial charge in [0, 0.05) is 18.1 Å². The number of amides is 1. The molecule has 0 aliphatic rings. The second-order valence-corrected chi connectivity index (χ2v) is 6.07. The van der Waals surface area contributed by atoms with E-state index in [1.165, 1.54) is 11.3 Å². The summed E-state index contributed by atoms with van der Waals surface area (Å²) in [5.41, 5.74) is 1.63. The van der Waals surface area contributed by atoms with Gasteiger partial charge >= 0.3 is 0 Å². The van der Waals surface area contributed by atoms with Crippen LogP contribution in [-0.4, -0.2) is 22.3 Å². The molecule has 3 nitrogen and oxygen atoms in total. The van der Waals surface area contributed by atoms with E-state index < -0.39 is 0 Å². The van der Waals surface area contributed by atoms with Gasteiger partial charge in [-0.25, -0.2) is 0 Å². The Bertz CT molecular complexity index is 527. The Balaban J connectivity index is 2.12. The molecule has 0 aliphatic heterocycles. The molecular weight excluding hydrogens is 312 g/mol. The SMILES string of the molecule is CCN(Cc1ccccn1)C(=O)c1csc(Br)c1. The number of rotatable bonds is 4. The van der Waals surface area contributed by atoms with Crippen molar-refractivity contribution in [3.05, 3.63) is 50.9 Å². The molecular formula is C13H13BrN2OS. The van der Waals surface area contributed by atoms with Gasteiger partial charge in [-0.3, -0.25) is 9.78 Å². The molecule has 0 bridgehead atoms. The Morgan fingerprint density at radius 2 is 2.33 bits per heavy atom. The van der Waals surface area contributed by atoms with Crippen LogP contribution in [0, 0.1) is 0 Å². The van der Waals surface area contributed by atoms with Gasteiger partial charge in [0.25, 0.3) is 5.91 Å². The summed E-state index contributed by atoms with van der Waals surface area (Å²) >= 11 is 4.89. The predicted octanol–water partition coefficient (Wildman–Crippen LogP) is 3.57. The molecule has 2 aromatic rings. The molecule has 18 heavy (non-hydrogen) atoms. The van der Waals surface area contributed by atoms with Gasteiger partial charge in [0.1, 0.15) is 0 Å². The number of halogens is 1. The summed E-state index contributed by atoms with van der Waals surface area (Å²) in [6.07, 6.45) is 1.74. The molecule has 1 amide bonds. The molecule has 0 atom stereocenters. The van der Waals surface area contributed by atoms with Gasteiger partial charge < -0.3 is 4.90 Å². The van der Waals surface area contributed by atoms with Crippen LogP contribution in [0.3, 0.4) is 0 Å². The van der Waals surface area contributed by atoms with Crippen molar-refractivity contribution in [2.24, 2.45) is 0 Å². The van der Waals surface area contributed by atoms with Crippen LogP contribution in [-0.2, 0) is 6.54 Å². The van der Waals surface area contributed by atoms with Crippen LogP contribution >= 0.6 is 27.3 Å². The fraction of sp³-hybridized carbons (Fsp3) is 0.231. The quantitative estimate of drug-likeness (QED) is 0.861. The highest BCUT2D eigenvalue weighted by molar-refractivity contribution is 9.11. The van der Waals surface area contributed by atoms with Gasteiger partial charge in [0.2, 0.25) is 0 Å². The van der Waals surface area contributed by atoms with E-state index in [2.05, 4.69) is 20.9 Å². The van der Waals surface area contributed by atoms with Gasteiger partial charge in [-0.05, 0) is 41.1 Å². The number of carbonyl (C=O) groups is 1. The molecule has 0 unspecified atom stereocenters. The number of thiophene rings is 1. The lowest BCUT2D eigenvalue weighted by Gasteiger charge is -2.19. The predicted molar refractivity (Wildman–Crippen MR) is 76.7 cm³/mol. The van der Waals surface area contributed by atoms with Crippen LogP contribution in [0.15, 0.2) is 39.6 Å². The fourth-order valence-electron chi connectivity index (χ4n) is 1.62. The monoisotopic (exact) mass is 324 g/mol. The fourth-order valence-corrected chi connectivity index (χ4v) is 2.75. The number of pyridine rings is 1. The minimum Gasteiger partial charge on any atom is -0.333 e. The molecule has 0 N–H and O–H groups in total. The molecule has 2 heterocycles. The minimum atomic E-state index is 0.0464. The Morgan fingerprint density at radius 3 is 2.89 bits per heavy atom. The van der Waals surface area contributed by atoms with Gasteiger partial charge in [0.15, 0.2) is 0 Å². The van der Waals surface area contributed by atoms with E-state index in [9.17, 15) is 4.79 Å². The van der Waals surface area contributed by atoms with Crippen molar-refractivity contribution in [2.45, 2.75) is 13.5 Å².